The molecule has 0 atom stereocenters. The lowest BCUT2D eigenvalue weighted by Gasteiger charge is -2.03. The number of ether oxygens (including phenoxy) is 1. The van der Waals surface area contributed by atoms with Gasteiger partial charge in [0.1, 0.15) is 16.4 Å². The van der Waals surface area contributed by atoms with Crippen LogP contribution in [0.5, 0.6) is 5.75 Å². The number of nitrogens with zero attached hydrogens (tertiary/aromatic N) is 1. The average Bonchev–Trinajstić information content (AvgIpc) is 2.83. The van der Waals surface area contributed by atoms with Gasteiger partial charge in [0, 0.05) is 10.4 Å². The molecule has 1 aromatic carbocycles. The van der Waals surface area contributed by atoms with Crippen LogP contribution in [0, 0.1) is 6.92 Å². The molecule has 0 bridgehead atoms. The topological polar surface area (TPSA) is 55.0 Å². The average molecular weight is 300 g/mol. The highest BCUT2D eigenvalue weighted by Crippen LogP contribution is 2.28. The van der Waals surface area contributed by atoms with E-state index in [4.69, 9.17) is 4.74 Å². The predicted octanol–water partition coefficient (Wildman–Crippen LogP) is 3.53. The normalized spacial score (nSPS) is 11.0. The lowest BCUT2D eigenvalue weighted by Crippen LogP contribution is -2.09. The minimum atomic E-state index is -0.0629. The number of H-pyrrole nitrogens is 1. The largest absolute Gasteiger partial charge is 0.497 e. The third kappa shape index (κ3) is 2.34. The van der Waals surface area contributed by atoms with Gasteiger partial charge in [-0.05, 0) is 43.2 Å². The fourth-order valence-corrected chi connectivity index (χ4v) is 3.60. The molecular weight excluding hydrogens is 284 g/mol. The van der Waals surface area contributed by atoms with Crippen LogP contribution >= 0.6 is 11.3 Å². The van der Waals surface area contributed by atoms with Crippen LogP contribution in [0.1, 0.15) is 17.4 Å². The minimum absolute atomic E-state index is 0.0629. The summed E-state index contributed by atoms with van der Waals surface area (Å²) in [6.07, 6.45) is 0.846. The Morgan fingerprint density at radius 3 is 2.62 bits per heavy atom. The van der Waals surface area contributed by atoms with E-state index in [1.807, 2.05) is 31.2 Å². The number of aryl methyl sites for hydroxylation is 2. The molecule has 108 valence electrons. The molecule has 21 heavy (non-hydrogen) atoms. The fraction of sp³-hybridized carbons (Fsp3) is 0.250. The molecule has 2 aromatic heterocycles. The number of hydrogen-bond acceptors (Lipinski definition) is 4. The van der Waals surface area contributed by atoms with Crippen LogP contribution in [0.15, 0.2) is 29.1 Å². The Morgan fingerprint density at radius 1 is 1.29 bits per heavy atom. The van der Waals surface area contributed by atoms with E-state index in [0.29, 0.717) is 5.82 Å². The molecule has 0 saturated heterocycles. The van der Waals surface area contributed by atoms with E-state index in [1.54, 1.807) is 18.4 Å². The van der Waals surface area contributed by atoms with Crippen LogP contribution in [0.4, 0.5) is 0 Å². The van der Waals surface area contributed by atoms with Crippen LogP contribution in [-0.2, 0) is 6.42 Å². The highest BCUT2D eigenvalue weighted by Gasteiger charge is 2.14. The summed E-state index contributed by atoms with van der Waals surface area (Å²) in [5.74, 6) is 1.38. The van der Waals surface area contributed by atoms with Crippen molar-refractivity contribution in [3.8, 4) is 17.1 Å². The van der Waals surface area contributed by atoms with Gasteiger partial charge in [0.25, 0.3) is 5.56 Å². The zero-order valence-electron chi connectivity index (χ0n) is 12.2. The van der Waals surface area contributed by atoms with Crippen molar-refractivity contribution in [2.75, 3.05) is 7.11 Å². The second-order valence-electron chi connectivity index (χ2n) is 4.81. The molecule has 0 radical (unpaired) electrons. The minimum Gasteiger partial charge on any atom is -0.497 e. The van der Waals surface area contributed by atoms with Crippen molar-refractivity contribution in [3.63, 3.8) is 0 Å². The molecule has 0 spiro atoms. The second kappa shape index (κ2) is 5.33. The molecule has 0 amide bonds. The van der Waals surface area contributed by atoms with E-state index < -0.39 is 0 Å². The van der Waals surface area contributed by atoms with Gasteiger partial charge in [-0.2, -0.15) is 0 Å². The molecular formula is C16H16N2O2S. The van der Waals surface area contributed by atoms with Gasteiger partial charge in [-0.25, -0.2) is 4.98 Å². The Morgan fingerprint density at radius 2 is 2.00 bits per heavy atom. The van der Waals surface area contributed by atoms with Crippen LogP contribution in [0.2, 0.25) is 0 Å². The van der Waals surface area contributed by atoms with E-state index in [9.17, 15) is 4.79 Å². The lowest BCUT2D eigenvalue weighted by atomic mass is 10.1. The first kappa shape index (κ1) is 13.8. The van der Waals surface area contributed by atoms with Gasteiger partial charge in [0.15, 0.2) is 0 Å². The van der Waals surface area contributed by atoms with Crippen molar-refractivity contribution in [2.45, 2.75) is 20.3 Å². The van der Waals surface area contributed by atoms with Crippen molar-refractivity contribution in [1.29, 1.82) is 0 Å². The number of methoxy groups -OCH3 is 1. The van der Waals surface area contributed by atoms with Gasteiger partial charge in [-0.1, -0.05) is 6.92 Å². The van der Waals surface area contributed by atoms with Crippen LogP contribution in [-0.4, -0.2) is 17.1 Å². The molecule has 0 aliphatic carbocycles. The van der Waals surface area contributed by atoms with E-state index >= 15 is 0 Å². The molecule has 3 rings (SSSR count). The SMILES string of the molecule is CCc1c(C)sc2nc(-c3ccc(OC)cc3)[nH]c(=O)c12. The standard InChI is InChI=1S/C16H16N2O2S/c1-4-12-9(2)21-16-13(12)15(19)17-14(18-16)10-5-7-11(20-3)8-6-10/h5-8H,4H2,1-3H3,(H,17,18,19). The number of aromatic amines is 1. The highest BCUT2D eigenvalue weighted by molar-refractivity contribution is 7.18. The van der Waals surface area contributed by atoms with Gasteiger partial charge >= 0.3 is 0 Å². The highest BCUT2D eigenvalue weighted by atomic mass is 32.1. The Bertz CT molecular complexity index is 847. The van der Waals surface area contributed by atoms with Gasteiger partial charge in [0.2, 0.25) is 0 Å². The molecule has 0 fully saturated rings. The van der Waals surface area contributed by atoms with Crippen molar-refractivity contribution in [2.24, 2.45) is 0 Å². The Balaban J connectivity index is 2.18. The zero-order valence-corrected chi connectivity index (χ0v) is 13.0. The van der Waals surface area contributed by atoms with E-state index in [2.05, 4.69) is 16.9 Å². The summed E-state index contributed by atoms with van der Waals surface area (Å²) in [6.45, 7) is 4.10. The van der Waals surface area contributed by atoms with Crippen LogP contribution < -0.4 is 10.3 Å². The predicted molar refractivity (Wildman–Crippen MR) is 86.3 cm³/mol. The quantitative estimate of drug-likeness (QED) is 0.805. The number of rotatable bonds is 3. The Hall–Kier alpha value is -2.14. The first-order chi connectivity index (χ1) is 10.1. The molecule has 5 heteroatoms. The fourth-order valence-electron chi connectivity index (χ4n) is 2.49. The van der Waals surface area contributed by atoms with Crippen molar-refractivity contribution in [3.05, 3.63) is 45.1 Å². The first-order valence-electron chi connectivity index (χ1n) is 6.80. The van der Waals surface area contributed by atoms with Gasteiger partial charge < -0.3 is 9.72 Å². The number of nitrogens with one attached hydrogen (secondary N) is 1. The number of thiophene rings is 1. The van der Waals surface area contributed by atoms with Crippen molar-refractivity contribution >= 4 is 21.6 Å². The van der Waals surface area contributed by atoms with Crippen molar-refractivity contribution in [1.82, 2.24) is 9.97 Å². The molecule has 0 saturated carbocycles. The Kier molecular flexibility index (Phi) is 3.51. The van der Waals surface area contributed by atoms with Crippen LogP contribution in [0.25, 0.3) is 21.6 Å². The maximum Gasteiger partial charge on any atom is 0.260 e. The maximum atomic E-state index is 12.4. The first-order valence-corrected chi connectivity index (χ1v) is 7.62. The van der Waals surface area contributed by atoms with E-state index in [-0.39, 0.29) is 5.56 Å². The number of benzene rings is 1. The molecule has 0 aliphatic rings. The van der Waals surface area contributed by atoms with Crippen LogP contribution in [0.3, 0.4) is 0 Å². The summed E-state index contributed by atoms with van der Waals surface area (Å²) < 4.78 is 5.14. The molecule has 4 nitrogen and oxygen atoms in total. The Labute approximate surface area is 126 Å². The monoisotopic (exact) mass is 300 g/mol. The molecule has 3 aromatic rings. The summed E-state index contributed by atoms with van der Waals surface area (Å²) in [7, 11) is 1.63. The van der Waals surface area contributed by atoms with E-state index in [0.717, 1.165) is 38.4 Å². The van der Waals surface area contributed by atoms with Gasteiger partial charge in [0.05, 0.1) is 12.5 Å². The number of hydrogen-bond donors (Lipinski definition) is 1. The lowest BCUT2D eigenvalue weighted by molar-refractivity contribution is 0.415. The van der Waals surface area contributed by atoms with Gasteiger partial charge in [-0.3, -0.25) is 4.79 Å². The van der Waals surface area contributed by atoms with E-state index in [1.165, 1.54) is 0 Å². The third-order valence-corrected chi connectivity index (χ3v) is 4.62. The number of aromatic nitrogens is 2. The molecule has 0 unspecified atom stereocenters. The smallest absolute Gasteiger partial charge is 0.260 e. The summed E-state index contributed by atoms with van der Waals surface area (Å²) in [4.78, 5) is 21.8. The summed E-state index contributed by atoms with van der Waals surface area (Å²) in [6, 6.07) is 7.50. The van der Waals surface area contributed by atoms with Gasteiger partial charge in [-0.15, -0.1) is 11.3 Å². The second-order valence-corrected chi connectivity index (χ2v) is 6.02. The maximum absolute atomic E-state index is 12.4. The number of fused-ring (bicyclic) bond motifs is 1. The molecule has 1 N–H and O–H groups in total. The summed E-state index contributed by atoms with van der Waals surface area (Å²) in [5, 5.41) is 0.734. The third-order valence-electron chi connectivity index (χ3n) is 3.58. The van der Waals surface area contributed by atoms with Crippen molar-refractivity contribution < 1.29 is 4.74 Å². The zero-order chi connectivity index (χ0) is 15.0. The summed E-state index contributed by atoms with van der Waals surface area (Å²) in [5.41, 5.74) is 1.91. The molecule has 0 aliphatic heterocycles. The summed E-state index contributed by atoms with van der Waals surface area (Å²) >= 11 is 1.58. The molecule has 2 heterocycles.